The number of rotatable bonds is 9. The van der Waals surface area contributed by atoms with Crippen molar-refractivity contribution in [3.05, 3.63) is 42.7 Å². The second-order valence-electron chi connectivity index (χ2n) is 8.26. The first-order valence-electron chi connectivity index (χ1n) is 11.5. The van der Waals surface area contributed by atoms with Crippen LogP contribution in [-0.2, 0) is 9.59 Å². The molecule has 8 nitrogen and oxygen atoms in total. The van der Waals surface area contributed by atoms with Crippen molar-refractivity contribution in [1.82, 2.24) is 14.9 Å². The van der Waals surface area contributed by atoms with E-state index in [0.717, 1.165) is 25.3 Å². The number of ether oxygens (including phenoxy) is 1. The third-order valence-electron chi connectivity index (χ3n) is 6.07. The van der Waals surface area contributed by atoms with Gasteiger partial charge < -0.3 is 9.64 Å². The van der Waals surface area contributed by atoms with Crippen LogP contribution in [0.3, 0.4) is 0 Å². The normalized spacial score (nSPS) is 19.6. The smallest absolute Gasteiger partial charge is 0.251 e. The van der Waals surface area contributed by atoms with E-state index < -0.39 is 6.04 Å². The minimum absolute atomic E-state index is 0.146. The van der Waals surface area contributed by atoms with E-state index in [0.29, 0.717) is 31.3 Å². The van der Waals surface area contributed by atoms with Gasteiger partial charge in [-0.2, -0.15) is 0 Å². The van der Waals surface area contributed by atoms with Gasteiger partial charge in [0, 0.05) is 38.6 Å². The molecule has 3 heterocycles. The molecule has 4 rings (SSSR count). The van der Waals surface area contributed by atoms with Crippen LogP contribution in [0.5, 0.6) is 5.75 Å². The van der Waals surface area contributed by atoms with Crippen molar-refractivity contribution in [2.45, 2.75) is 45.1 Å². The summed E-state index contributed by atoms with van der Waals surface area (Å²) in [5.41, 5.74) is 0.608. The Hall–Kier alpha value is -3.00. The Morgan fingerprint density at radius 1 is 0.969 bits per heavy atom. The molecule has 2 aliphatic rings. The van der Waals surface area contributed by atoms with Crippen LogP contribution in [0.4, 0.5) is 11.6 Å². The summed E-state index contributed by atoms with van der Waals surface area (Å²) in [4.78, 5) is 39.9. The molecule has 0 radical (unpaired) electrons. The number of carbonyl (C=O) groups excluding carboxylic acids is 2. The number of hydrogen-bond donors (Lipinski definition) is 0. The van der Waals surface area contributed by atoms with E-state index in [1.165, 1.54) is 24.2 Å². The fourth-order valence-corrected chi connectivity index (χ4v) is 4.27. The summed E-state index contributed by atoms with van der Waals surface area (Å²) < 4.78 is 5.78. The topological polar surface area (TPSA) is 78.9 Å². The molecule has 2 saturated heterocycles. The van der Waals surface area contributed by atoms with Gasteiger partial charge in [0.1, 0.15) is 5.75 Å². The molecule has 2 aliphatic heterocycles. The second-order valence-corrected chi connectivity index (χ2v) is 8.26. The van der Waals surface area contributed by atoms with Crippen molar-refractivity contribution in [3.63, 3.8) is 0 Å². The minimum atomic E-state index is -0.407. The highest BCUT2D eigenvalue weighted by Crippen LogP contribution is 2.28. The van der Waals surface area contributed by atoms with Crippen LogP contribution in [0.1, 0.15) is 39.0 Å². The number of carbonyl (C=O) groups is 2. The zero-order chi connectivity index (χ0) is 22.3. The summed E-state index contributed by atoms with van der Waals surface area (Å²) in [6, 6.07) is 8.65. The van der Waals surface area contributed by atoms with Gasteiger partial charge in [-0.05, 0) is 36.8 Å². The molecule has 1 atom stereocenters. The van der Waals surface area contributed by atoms with E-state index in [2.05, 4.69) is 26.7 Å². The molecule has 1 aromatic heterocycles. The van der Waals surface area contributed by atoms with E-state index in [9.17, 15) is 9.59 Å². The number of amides is 2. The highest BCUT2D eigenvalue weighted by Gasteiger charge is 2.43. The standard InChI is InChI=1S/C24H31N5O3/c1-2-3-4-5-17-32-20-9-7-19(8-10-20)29-22(30)18-21(23(29)31)27-13-15-28(16-14-27)24-25-11-6-12-26-24/h6-12,21H,2-5,13-18H2,1H3/t21-/m1/s1. The lowest BCUT2D eigenvalue weighted by Crippen LogP contribution is -2.53. The van der Waals surface area contributed by atoms with Gasteiger partial charge in [-0.15, -0.1) is 0 Å². The molecule has 2 aromatic rings. The van der Waals surface area contributed by atoms with Gasteiger partial charge in [0.2, 0.25) is 11.9 Å². The summed E-state index contributed by atoms with van der Waals surface area (Å²) >= 11 is 0. The number of aromatic nitrogens is 2. The van der Waals surface area contributed by atoms with Crippen LogP contribution >= 0.6 is 0 Å². The molecule has 1 aromatic carbocycles. The van der Waals surface area contributed by atoms with E-state index >= 15 is 0 Å². The molecular formula is C24H31N5O3. The molecule has 170 valence electrons. The van der Waals surface area contributed by atoms with E-state index in [1.807, 2.05) is 12.1 Å². The largest absolute Gasteiger partial charge is 0.494 e. The highest BCUT2D eigenvalue weighted by atomic mass is 16.5. The van der Waals surface area contributed by atoms with Crippen molar-refractivity contribution >= 4 is 23.5 Å². The average molecular weight is 438 g/mol. The molecule has 32 heavy (non-hydrogen) atoms. The number of piperazine rings is 1. The van der Waals surface area contributed by atoms with Crippen LogP contribution in [0.15, 0.2) is 42.7 Å². The zero-order valence-electron chi connectivity index (χ0n) is 18.7. The molecule has 0 N–H and O–H groups in total. The first-order valence-corrected chi connectivity index (χ1v) is 11.5. The van der Waals surface area contributed by atoms with Crippen molar-refractivity contribution < 1.29 is 14.3 Å². The fourth-order valence-electron chi connectivity index (χ4n) is 4.27. The van der Waals surface area contributed by atoms with Crippen molar-refractivity contribution in [2.24, 2.45) is 0 Å². The first-order chi connectivity index (χ1) is 15.7. The summed E-state index contributed by atoms with van der Waals surface area (Å²) in [6.07, 6.45) is 8.30. The van der Waals surface area contributed by atoms with Crippen molar-refractivity contribution in [2.75, 3.05) is 42.6 Å². The number of benzene rings is 1. The van der Waals surface area contributed by atoms with Gasteiger partial charge >= 0.3 is 0 Å². The molecular weight excluding hydrogens is 406 g/mol. The third-order valence-corrected chi connectivity index (χ3v) is 6.07. The van der Waals surface area contributed by atoms with E-state index in [4.69, 9.17) is 4.74 Å². The maximum Gasteiger partial charge on any atom is 0.251 e. The minimum Gasteiger partial charge on any atom is -0.494 e. The monoisotopic (exact) mass is 437 g/mol. The third kappa shape index (κ3) is 5.07. The Morgan fingerprint density at radius 3 is 2.38 bits per heavy atom. The van der Waals surface area contributed by atoms with Crippen molar-refractivity contribution in [3.8, 4) is 5.75 Å². The van der Waals surface area contributed by atoms with Gasteiger partial charge in [-0.25, -0.2) is 14.9 Å². The molecule has 8 heteroatoms. The molecule has 0 bridgehead atoms. The molecule has 0 aliphatic carbocycles. The van der Waals surface area contributed by atoms with Crippen LogP contribution in [0, 0.1) is 0 Å². The van der Waals surface area contributed by atoms with Gasteiger partial charge in [0.05, 0.1) is 24.8 Å². The van der Waals surface area contributed by atoms with E-state index in [-0.39, 0.29) is 18.2 Å². The maximum absolute atomic E-state index is 13.1. The lowest BCUT2D eigenvalue weighted by atomic mass is 10.2. The quantitative estimate of drug-likeness (QED) is 0.441. The zero-order valence-corrected chi connectivity index (χ0v) is 18.7. The second kappa shape index (κ2) is 10.5. The summed E-state index contributed by atoms with van der Waals surface area (Å²) in [7, 11) is 0. The van der Waals surface area contributed by atoms with Crippen LogP contribution in [-0.4, -0.2) is 65.5 Å². The Balaban J connectivity index is 1.32. The number of unbranched alkanes of at least 4 members (excludes halogenated alkanes) is 3. The number of anilines is 2. The van der Waals surface area contributed by atoms with Gasteiger partial charge in [-0.1, -0.05) is 26.2 Å². The summed E-state index contributed by atoms with van der Waals surface area (Å²) in [5.74, 6) is 1.17. The SMILES string of the molecule is CCCCCCOc1ccc(N2C(=O)C[C@@H](N3CCN(c4ncccn4)CC3)C2=O)cc1. The Kier molecular flexibility index (Phi) is 7.32. The average Bonchev–Trinajstić information content (AvgIpc) is 3.14. The Labute approximate surface area is 189 Å². The molecule has 2 amide bonds. The molecule has 2 fully saturated rings. The summed E-state index contributed by atoms with van der Waals surface area (Å²) in [6.45, 7) is 5.72. The number of nitrogens with zero attached hydrogens (tertiary/aromatic N) is 5. The predicted octanol–water partition coefficient (Wildman–Crippen LogP) is 2.89. The number of imide groups is 1. The van der Waals surface area contributed by atoms with Gasteiger partial charge in [0.15, 0.2) is 0 Å². The van der Waals surface area contributed by atoms with Gasteiger partial charge in [0.25, 0.3) is 5.91 Å². The van der Waals surface area contributed by atoms with Crippen LogP contribution in [0.2, 0.25) is 0 Å². The molecule has 0 spiro atoms. The predicted molar refractivity (Wildman–Crippen MR) is 123 cm³/mol. The van der Waals surface area contributed by atoms with Gasteiger partial charge in [-0.3, -0.25) is 14.5 Å². The lowest BCUT2D eigenvalue weighted by Gasteiger charge is -2.36. The van der Waals surface area contributed by atoms with Crippen LogP contribution < -0.4 is 14.5 Å². The Bertz CT molecular complexity index is 898. The summed E-state index contributed by atoms with van der Waals surface area (Å²) in [5, 5.41) is 0. The molecule has 0 unspecified atom stereocenters. The van der Waals surface area contributed by atoms with Crippen LogP contribution in [0.25, 0.3) is 0 Å². The van der Waals surface area contributed by atoms with E-state index in [1.54, 1.807) is 30.6 Å². The highest BCUT2D eigenvalue weighted by molar-refractivity contribution is 6.22. The lowest BCUT2D eigenvalue weighted by molar-refractivity contribution is -0.123. The Morgan fingerprint density at radius 2 is 1.69 bits per heavy atom. The van der Waals surface area contributed by atoms with Crippen molar-refractivity contribution in [1.29, 1.82) is 0 Å². The maximum atomic E-state index is 13.1. The first kappa shape index (κ1) is 22.2. The fraction of sp³-hybridized carbons (Fsp3) is 0.500. The molecule has 0 saturated carbocycles. The number of hydrogen-bond acceptors (Lipinski definition) is 7.